The molecule has 0 unspecified atom stereocenters. The Kier molecular flexibility index (Phi) is 13.2. The van der Waals surface area contributed by atoms with Crippen LogP contribution in [0.15, 0.2) is 279 Å². The highest BCUT2D eigenvalue weighted by atomic mass is 15.0. The Morgan fingerprint density at radius 3 is 1.00 bits per heavy atom. The van der Waals surface area contributed by atoms with Gasteiger partial charge >= 0.3 is 0 Å². The Hall–Kier alpha value is -11.8. The fourth-order valence-electron chi connectivity index (χ4n) is 10.9. The lowest BCUT2D eigenvalue weighted by Crippen LogP contribution is -2.00. The first-order valence-electron chi connectivity index (χ1n) is 27.6. The van der Waals surface area contributed by atoms with E-state index in [9.17, 15) is 10.5 Å². The van der Waals surface area contributed by atoms with Crippen LogP contribution in [-0.4, -0.2) is 29.9 Å². The van der Waals surface area contributed by atoms with Gasteiger partial charge in [0.1, 0.15) is 0 Å². The molecule has 0 radical (unpaired) electrons. The van der Waals surface area contributed by atoms with Gasteiger partial charge < -0.3 is 0 Å². The molecule has 0 atom stereocenters. The number of hydrogen-bond donors (Lipinski definition) is 0. The van der Waals surface area contributed by atoms with Crippen LogP contribution < -0.4 is 0 Å². The van der Waals surface area contributed by atoms with Crippen molar-refractivity contribution >= 4 is 21.5 Å². The van der Waals surface area contributed by atoms with Gasteiger partial charge in [-0.3, -0.25) is 0 Å². The maximum absolute atomic E-state index is 9.70. The molecule has 2 aromatic heterocycles. The fraction of sp³-hybridized carbons (Fsp3) is 0. The molecule has 0 N–H and O–H groups in total. The zero-order valence-electron chi connectivity index (χ0n) is 45.1. The quantitative estimate of drug-likeness (QED) is 0.125. The lowest BCUT2D eigenvalue weighted by atomic mass is 9.90. The Balaban J connectivity index is 0.797. The van der Waals surface area contributed by atoms with Crippen molar-refractivity contribution < 1.29 is 0 Å². The molecule has 2 heterocycles. The second-order valence-corrected chi connectivity index (χ2v) is 20.5. The van der Waals surface area contributed by atoms with Crippen LogP contribution in [0.25, 0.3) is 146 Å². The molecule has 0 aliphatic heterocycles. The van der Waals surface area contributed by atoms with E-state index in [1.165, 1.54) is 0 Å². The van der Waals surface area contributed by atoms with Crippen molar-refractivity contribution in [3.63, 3.8) is 0 Å². The topological polar surface area (TPSA) is 125 Å². The van der Waals surface area contributed by atoms with Crippen LogP contribution >= 0.6 is 0 Å². The van der Waals surface area contributed by atoms with Crippen LogP contribution in [0.4, 0.5) is 0 Å². The number of hydrogen-bond acceptors (Lipinski definition) is 8. The van der Waals surface area contributed by atoms with Crippen LogP contribution in [0.3, 0.4) is 0 Å². The van der Waals surface area contributed by atoms with Crippen LogP contribution in [-0.2, 0) is 0 Å². The highest BCUT2D eigenvalue weighted by Crippen LogP contribution is 2.39. The highest BCUT2D eigenvalue weighted by Gasteiger charge is 2.17. The van der Waals surface area contributed by atoms with Crippen molar-refractivity contribution in [1.82, 2.24) is 29.9 Å². The molecule has 0 saturated carbocycles. The van der Waals surface area contributed by atoms with Gasteiger partial charge in [-0.1, -0.05) is 224 Å². The second kappa shape index (κ2) is 22.0. The third-order valence-electron chi connectivity index (χ3n) is 15.2. The van der Waals surface area contributed by atoms with E-state index in [2.05, 4.69) is 158 Å². The molecule has 14 aromatic rings. The largest absolute Gasteiger partial charge is 0.208 e. The molecule has 0 bridgehead atoms. The summed E-state index contributed by atoms with van der Waals surface area (Å²) in [6, 6.07) is 99.3. The third kappa shape index (κ3) is 10.1. The number of aromatic nitrogens is 6. The lowest BCUT2D eigenvalue weighted by molar-refractivity contribution is 1.07. The number of rotatable bonds is 11. The minimum absolute atomic E-state index is 0.568. The third-order valence-corrected chi connectivity index (χ3v) is 15.2. The van der Waals surface area contributed by atoms with Crippen molar-refractivity contribution in [3.05, 3.63) is 290 Å². The molecular weight excluding hydrogens is 1020 g/mol. The molecule has 14 rings (SSSR count). The zero-order chi connectivity index (χ0) is 56.3. The molecule has 8 nitrogen and oxygen atoms in total. The molecule has 0 spiro atoms. The van der Waals surface area contributed by atoms with Crippen molar-refractivity contribution in [3.8, 4) is 136 Å². The second-order valence-electron chi connectivity index (χ2n) is 20.5. The molecule has 12 aromatic carbocycles. The monoisotopic (exact) mass is 1070 g/mol. The minimum atomic E-state index is 0.568. The Bertz CT molecular complexity index is 4800. The first kappa shape index (κ1) is 50.4. The molecule has 390 valence electrons. The summed E-state index contributed by atoms with van der Waals surface area (Å²) in [5.41, 5.74) is 17.0. The predicted molar refractivity (Wildman–Crippen MR) is 337 cm³/mol. The molecule has 0 aliphatic rings. The fourth-order valence-corrected chi connectivity index (χ4v) is 10.9. The van der Waals surface area contributed by atoms with Crippen molar-refractivity contribution in [2.75, 3.05) is 0 Å². The normalized spacial score (nSPS) is 11.1. The van der Waals surface area contributed by atoms with E-state index in [1.54, 1.807) is 0 Å². The predicted octanol–water partition coefficient (Wildman–Crippen LogP) is 18.4. The highest BCUT2D eigenvalue weighted by molar-refractivity contribution is 6.03. The number of nitriles is 2. The Labute approximate surface area is 485 Å². The average Bonchev–Trinajstić information content (AvgIpc) is 3.77. The molecule has 0 fully saturated rings. The summed E-state index contributed by atoms with van der Waals surface area (Å²) in [5.74, 6) is 3.54. The van der Waals surface area contributed by atoms with E-state index in [0.29, 0.717) is 46.1 Å². The van der Waals surface area contributed by atoms with Crippen molar-refractivity contribution in [2.24, 2.45) is 0 Å². The molecular formula is C76H46N8. The lowest BCUT2D eigenvalue weighted by Gasteiger charge is -2.14. The minimum Gasteiger partial charge on any atom is -0.208 e. The van der Waals surface area contributed by atoms with E-state index >= 15 is 0 Å². The summed E-state index contributed by atoms with van der Waals surface area (Å²) in [6.45, 7) is 0. The smallest absolute Gasteiger partial charge is 0.164 e. The van der Waals surface area contributed by atoms with E-state index in [1.807, 2.05) is 133 Å². The summed E-state index contributed by atoms with van der Waals surface area (Å²) in [4.78, 5) is 30.1. The molecule has 0 saturated heterocycles. The van der Waals surface area contributed by atoms with E-state index < -0.39 is 0 Å². The van der Waals surface area contributed by atoms with Gasteiger partial charge in [-0.15, -0.1) is 0 Å². The molecule has 0 aliphatic carbocycles. The van der Waals surface area contributed by atoms with Crippen LogP contribution in [0.5, 0.6) is 0 Å². The van der Waals surface area contributed by atoms with Gasteiger partial charge in [0.25, 0.3) is 0 Å². The zero-order valence-corrected chi connectivity index (χ0v) is 45.1. The molecule has 0 amide bonds. The maximum atomic E-state index is 9.70. The number of nitrogens with zero attached hydrogens (tertiary/aromatic N) is 8. The number of benzene rings is 12. The summed E-state index contributed by atoms with van der Waals surface area (Å²) in [5, 5.41) is 23.8. The van der Waals surface area contributed by atoms with Gasteiger partial charge in [-0.2, -0.15) is 10.5 Å². The standard InChI is InChI=1S/C76H46N8/c77-47-49-23-25-54(26-24-49)69-45-65(53-31-37-59(38-32-53)74-80-71(55-14-4-1-5-15-55)79-72(81-74)56-16-6-2-7-17-56)44-66-42-61(39-40-68(66)69)51-27-33-58(34-28-51)75-82-73(57-18-8-3-9-19-57)83-76(84-75)60-35-29-52(30-36-60)64-43-63-20-10-11-22-67(63)70(46-64)62-21-12-13-50(41-62)48-78/h1-46H. The van der Waals surface area contributed by atoms with Crippen molar-refractivity contribution in [1.29, 1.82) is 10.5 Å². The summed E-state index contributed by atoms with van der Waals surface area (Å²) in [7, 11) is 0. The first-order valence-corrected chi connectivity index (χ1v) is 27.6. The molecule has 84 heavy (non-hydrogen) atoms. The van der Waals surface area contributed by atoms with Gasteiger partial charge in [0, 0.05) is 33.4 Å². The summed E-state index contributed by atoms with van der Waals surface area (Å²) < 4.78 is 0. The first-order chi connectivity index (χ1) is 41.5. The van der Waals surface area contributed by atoms with Crippen LogP contribution in [0.2, 0.25) is 0 Å². The van der Waals surface area contributed by atoms with Gasteiger partial charge in [0.05, 0.1) is 23.3 Å². The van der Waals surface area contributed by atoms with Gasteiger partial charge in [-0.25, -0.2) is 29.9 Å². The van der Waals surface area contributed by atoms with Crippen LogP contribution in [0, 0.1) is 22.7 Å². The Morgan fingerprint density at radius 2 is 0.536 bits per heavy atom. The maximum Gasteiger partial charge on any atom is 0.164 e. The van der Waals surface area contributed by atoms with E-state index in [-0.39, 0.29) is 0 Å². The SMILES string of the molecule is N#Cc1ccc(-c2cc(-c3ccc(-c4nc(-c5ccccc5)nc(-c5ccccc5)n4)cc3)cc3cc(-c4ccc(-c5nc(-c6ccccc6)nc(-c6ccc(-c7cc(-c8cccc(C#N)c8)c8ccccc8c7)cc6)n5)cc4)ccc23)cc1. The Morgan fingerprint density at radius 1 is 0.202 bits per heavy atom. The van der Waals surface area contributed by atoms with Crippen molar-refractivity contribution in [2.45, 2.75) is 0 Å². The van der Waals surface area contributed by atoms with Crippen LogP contribution in [0.1, 0.15) is 11.1 Å². The number of fused-ring (bicyclic) bond motifs is 2. The van der Waals surface area contributed by atoms with E-state index in [4.69, 9.17) is 29.9 Å². The van der Waals surface area contributed by atoms with Gasteiger partial charge in [0.2, 0.25) is 0 Å². The summed E-state index contributed by atoms with van der Waals surface area (Å²) in [6.07, 6.45) is 0. The average molecular weight is 1070 g/mol. The van der Waals surface area contributed by atoms with Gasteiger partial charge in [0.15, 0.2) is 34.9 Å². The summed E-state index contributed by atoms with van der Waals surface area (Å²) >= 11 is 0. The molecule has 8 heteroatoms. The van der Waals surface area contributed by atoms with E-state index in [0.717, 1.165) is 111 Å². The van der Waals surface area contributed by atoms with Gasteiger partial charge in [-0.05, 0) is 132 Å².